The monoisotopic (exact) mass is 611 g/mol. The summed E-state index contributed by atoms with van der Waals surface area (Å²) in [5.74, 6) is 0.829. The highest BCUT2D eigenvalue weighted by atomic mass is 16.5. The van der Waals surface area contributed by atoms with Crippen LogP contribution in [-0.2, 0) is 23.4 Å². The molecular formula is C44H37NO2. The Balaban J connectivity index is 1.18. The Labute approximate surface area is 276 Å². The van der Waals surface area contributed by atoms with Gasteiger partial charge in [0.15, 0.2) is 0 Å². The standard InChI is InChI=1S/C44H37NO2/c1-29(47-28-36-26-33-13-5-4-12-32(33)25-35(36)27-46)23-30-19-21-38-34(24-30)20-22-42-43(38)44(2,3)39-16-8-9-17-41(39)45(42)40-18-10-14-31-11-6-7-15-37(31)40/h4-26,46H,27-28H2,1-3H3. The third-order valence-electron chi connectivity index (χ3n) is 9.78. The average Bonchev–Trinajstić information content (AvgIpc) is 3.10. The molecular weight excluding hydrogens is 574 g/mol. The minimum atomic E-state index is -0.201. The van der Waals surface area contributed by atoms with Crippen molar-refractivity contribution in [2.45, 2.75) is 39.4 Å². The number of anilines is 3. The van der Waals surface area contributed by atoms with Gasteiger partial charge in [-0.3, -0.25) is 0 Å². The van der Waals surface area contributed by atoms with E-state index < -0.39 is 0 Å². The van der Waals surface area contributed by atoms with Gasteiger partial charge < -0.3 is 14.7 Å². The average molecular weight is 612 g/mol. The normalized spacial score (nSPS) is 14.0. The Morgan fingerprint density at radius 1 is 0.638 bits per heavy atom. The van der Waals surface area contributed by atoms with E-state index in [9.17, 15) is 5.11 Å². The number of nitrogens with zero attached hydrogens (tertiary/aromatic N) is 1. The highest BCUT2D eigenvalue weighted by molar-refractivity contribution is 6.04. The van der Waals surface area contributed by atoms with Gasteiger partial charge in [0, 0.05) is 10.8 Å². The predicted molar refractivity (Wildman–Crippen MR) is 197 cm³/mol. The fraction of sp³-hybridized carbons (Fsp3) is 0.136. The zero-order valence-electron chi connectivity index (χ0n) is 27.0. The van der Waals surface area contributed by atoms with Crippen molar-refractivity contribution in [3.8, 4) is 0 Å². The molecule has 3 heteroatoms. The number of hydrogen-bond donors (Lipinski definition) is 1. The summed E-state index contributed by atoms with van der Waals surface area (Å²) in [5, 5.41) is 17.2. The molecule has 7 aromatic carbocycles. The Morgan fingerprint density at radius 3 is 2.13 bits per heavy atom. The second kappa shape index (κ2) is 11.5. The Morgan fingerprint density at radius 2 is 1.32 bits per heavy atom. The molecule has 0 unspecified atom stereocenters. The number of aliphatic hydroxyl groups excluding tert-OH is 1. The third-order valence-corrected chi connectivity index (χ3v) is 9.78. The smallest absolute Gasteiger partial charge is 0.113 e. The molecule has 0 bridgehead atoms. The molecule has 0 aromatic heterocycles. The summed E-state index contributed by atoms with van der Waals surface area (Å²) >= 11 is 0. The molecule has 0 saturated carbocycles. The molecule has 0 atom stereocenters. The van der Waals surface area contributed by atoms with Crippen LogP contribution in [0.4, 0.5) is 17.1 Å². The number of fused-ring (bicyclic) bond motifs is 6. The highest BCUT2D eigenvalue weighted by Gasteiger charge is 2.38. The van der Waals surface area contributed by atoms with E-state index in [4.69, 9.17) is 4.74 Å². The molecule has 1 N–H and O–H groups in total. The summed E-state index contributed by atoms with van der Waals surface area (Å²) in [6.45, 7) is 7.09. The van der Waals surface area contributed by atoms with Gasteiger partial charge in [0.2, 0.25) is 0 Å². The Hall–Kier alpha value is -5.38. The number of allylic oxidation sites excluding steroid dienone is 1. The van der Waals surface area contributed by atoms with E-state index in [1.54, 1.807) is 0 Å². The predicted octanol–water partition coefficient (Wildman–Crippen LogP) is 11.3. The molecule has 47 heavy (non-hydrogen) atoms. The van der Waals surface area contributed by atoms with Crippen LogP contribution in [0.2, 0.25) is 0 Å². The zero-order valence-corrected chi connectivity index (χ0v) is 27.0. The van der Waals surface area contributed by atoms with E-state index >= 15 is 0 Å². The van der Waals surface area contributed by atoms with Crippen molar-refractivity contribution in [2.24, 2.45) is 0 Å². The van der Waals surface area contributed by atoms with Gasteiger partial charge in [-0.05, 0) is 104 Å². The first-order valence-corrected chi connectivity index (χ1v) is 16.3. The van der Waals surface area contributed by atoms with E-state index in [0.29, 0.717) is 6.61 Å². The lowest BCUT2D eigenvalue weighted by Gasteiger charge is -2.43. The summed E-state index contributed by atoms with van der Waals surface area (Å²) in [6.07, 6.45) is 2.10. The molecule has 1 aliphatic rings. The number of rotatable bonds is 6. The molecule has 1 heterocycles. The Kier molecular flexibility index (Phi) is 7.08. The number of aliphatic hydroxyl groups is 1. The molecule has 8 rings (SSSR count). The van der Waals surface area contributed by atoms with E-state index in [2.05, 4.69) is 146 Å². The molecule has 0 fully saturated rings. The van der Waals surface area contributed by atoms with Crippen molar-refractivity contribution >= 4 is 55.5 Å². The summed E-state index contributed by atoms with van der Waals surface area (Å²) in [5.41, 5.74) is 9.07. The van der Waals surface area contributed by atoms with Crippen LogP contribution in [0.1, 0.15) is 48.6 Å². The van der Waals surface area contributed by atoms with Crippen LogP contribution < -0.4 is 4.90 Å². The van der Waals surface area contributed by atoms with Gasteiger partial charge in [-0.1, -0.05) is 111 Å². The van der Waals surface area contributed by atoms with E-state index in [1.807, 2.05) is 19.1 Å². The van der Waals surface area contributed by atoms with Gasteiger partial charge in [0.25, 0.3) is 0 Å². The summed E-state index contributed by atoms with van der Waals surface area (Å²) < 4.78 is 6.24. The number of benzene rings is 7. The largest absolute Gasteiger partial charge is 0.494 e. The van der Waals surface area contributed by atoms with Crippen LogP contribution >= 0.6 is 0 Å². The first-order valence-electron chi connectivity index (χ1n) is 16.3. The van der Waals surface area contributed by atoms with E-state index in [-0.39, 0.29) is 12.0 Å². The molecule has 3 nitrogen and oxygen atoms in total. The zero-order chi connectivity index (χ0) is 32.1. The molecule has 0 spiro atoms. The van der Waals surface area contributed by atoms with Crippen LogP contribution in [-0.4, -0.2) is 5.11 Å². The minimum absolute atomic E-state index is 0.0139. The first-order chi connectivity index (χ1) is 22.9. The maximum absolute atomic E-state index is 10.0. The summed E-state index contributed by atoms with van der Waals surface area (Å²) in [7, 11) is 0. The highest BCUT2D eigenvalue weighted by Crippen LogP contribution is 2.54. The molecule has 0 aliphatic carbocycles. The molecule has 0 saturated heterocycles. The number of hydrogen-bond acceptors (Lipinski definition) is 3. The van der Waals surface area contributed by atoms with Crippen LogP contribution in [0, 0.1) is 0 Å². The maximum atomic E-state index is 10.0. The third kappa shape index (κ3) is 4.95. The van der Waals surface area contributed by atoms with Gasteiger partial charge in [-0.15, -0.1) is 0 Å². The van der Waals surface area contributed by atoms with E-state index in [1.165, 1.54) is 49.7 Å². The SMILES string of the molecule is CC(=Cc1ccc2c3c(ccc2c1)N(c1cccc2ccccc12)c1ccccc1C3(C)C)OCc1cc2ccccc2cc1CO. The molecule has 1 aliphatic heterocycles. The van der Waals surface area contributed by atoms with Crippen molar-refractivity contribution in [1.29, 1.82) is 0 Å². The topological polar surface area (TPSA) is 32.7 Å². The van der Waals surface area contributed by atoms with Gasteiger partial charge in [0.05, 0.1) is 29.4 Å². The lowest BCUT2D eigenvalue weighted by Crippen LogP contribution is -2.31. The minimum Gasteiger partial charge on any atom is -0.494 e. The molecule has 0 amide bonds. The summed E-state index contributed by atoms with van der Waals surface area (Å²) in [6, 6.07) is 47.8. The van der Waals surface area contributed by atoms with Crippen LogP contribution in [0.3, 0.4) is 0 Å². The molecule has 0 radical (unpaired) electrons. The lowest BCUT2D eigenvalue weighted by molar-refractivity contribution is 0.199. The van der Waals surface area contributed by atoms with Crippen LogP contribution in [0.15, 0.2) is 139 Å². The van der Waals surface area contributed by atoms with Gasteiger partial charge in [-0.2, -0.15) is 0 Å². The second-order valence-electron chi connectivity index (χ2n) is 13.1. The summed E-state index contributed by atoms with van der Waals surface area (Å²) in [4.78, 5) is 2.46. The second-order valence-corrected chi connectivity index (χ2v) is 13.1. The fourth-order valence-electron chi connectivity index (χ4n) is 7.48. The van der Waals surface area contributed by atoms with Gasteiger partial charge in [-0.25, -0.2) is 0 Å². The van der Waals surface area contributed by atoms with Crippen molar-refractivity contribution in [2.75, 3.05) is 4.90 Å². The van der Waals surface area contributed by atoms with Gasteiger partial charge >= 0.3 is 0 Å². The van der Waals surface area contributed by atoms with E-state index in [0.717, 1.165) is 33.2 Å². The number of ether oxygens (including phenoxy) is 1. The van der Waals surface area contributed by atoms with Crippen molar-refractivity contribution in [1.82, 2.24) is 0 Å². The Bertz CT molecular complexity index is 2340. The lowest BCUT2D eigenvalue weighted by atomic mass is 9.71. The first kappa shape index (κ1) is 29.1. The fourth-order valence-corrected chi connectivity index (χ4v) is 7.48. The molecule has 7 aromatic rings. The quantitative estimate of drug-likeness (QED) is 0.190. The molecule has 230 valence electrons. The van der Waals surface area contributed by atoms with Crippen molar-refractivity contribution in [3.63, 3.8) is 0 Å². The van der Waals surface area contributed by atoms with Crippen molar-refractivity contribution < 1.29 is 9.84 Å². The van der Waals surface area contributed by atoms with Crippen molar-refractivity contribution in [3.05, 3.63) is 167 Å². The van der Waals surface area contributed by atoms with Crippen LogP contribution in [0.25, 0.3) is 38.4 Å². The van der Waals surface area contributed by atoms with Gasteiger partial charge in [0.1, 0.15) is 6.61 Å². The maximum Gasteiger partial charge on any atom is 0.113 e. The van der Waals surface area contributed by atoms with Crippen LogP contribution in [0.5, 0.6) is 0 Å². The number of para-hydroxylation sites is 1.